The van der Waals surface area contributed by atoms with Crippen molar-refractivity contribution in [2.24, 2.45) is 0 Å². The van der Waals surface area contributed by atoms with Gasteiger partial charge in [0.2, 0.25) is 11.1 Å². The third-order valence-corrected chi connectivity index (χ3v) is 6.50. The van der Waals surface area contributed by atoms with Gasteiger partial charge in [-0.2, -0.15) is 10.4 Å². The molecule has 0 atom stereocenters. The van der Waals surface area contributed by atoms with Crippen molar-refractivity contribution in [3.8, 4) is 12.0 Å². The van der Waals surface area contributed by atoms with Gasteiger partial charge in [-0.15, -0.1) is 10.2 Å². The minimum Gasteiger partial charge on any atom is -0.334 e. The number of thioether (sulfide) groups is 1. The van der Waals surface area contributed by atoms with Crippen LogP contribution in [0.3, 0.4) is 0 Å². The molecule has 0 spiro atoms. The highest BCUT2D eigenvalue weighted by Gasteiger charge is 2.21. The lowest BCUT2D eigenvalue weighted by atomic mass is 10.2. The number of rotatable bonds is 7. The van der Waals surface area contributed by atoms with E-state index in [0.717, 1.165) is 40.0 Å². The predicted octanol–water partition coefficient (Wildman–Crippen LogP) is 2.86. The fraction of sp³-hybridized carbons (Fsp3) is 0.261. The fourth-order valence-corrected chi connectivity index (χ4v) is 4.39. The molecule has 174 valence electrons. The molecule has 4 aromatic rings. The van der Waals surface area contributed by atoms with E-state index >= 15 is 0 Å². The molecular weight excluding hydrogens is 450 g/mol. The number of benzene rings is 1. The molecular formula is C23H25N9OS. The van der Waals surface area contributed by atoms with Gasteiger partial charge in [-0.3, -0.25) is 4.79 Å². The lowest BCUT2D eigenvalue weighted by Crippen LogP contribution is -2.20. The quantitative estimate of drug-likeness (QED) is 0.310. The molecule has 0 saturated heterocycles. The Morgan fingerprint density at radius 2 is 1.91 bits per heavy atom. The molecule has 0 unspecified atom stereocenters. The Balaban J connectivity index is 1.51. The summed E-state index contributed by atoms with van der Waals surface area (Å²) < 4.78 is 4.87. The summed E-state index contributed by atoms with van der Waals surface area (Å²) in [5.74, 6) is 6.79. The molecule has 0 bridgehead atoms. The van der Waals surface area contributed by atoms with E-state index < -0.39 is 0 Å². The Morgan fingerprint density at radius 3 is 2.56 bits per heavy atom. The molecule has 0 aliphatic rings. The number of carbonyl (C=O) groups is 1. The molecule has 11 heteroatoms. The summed E-state index contributed by atoms with van der Waals surface area (Å²) in [5, 5.41) is 25.6. The molecule has 0 aliphatic heterocycles. The molecule has 34 heavy (non-hydrogen) atoms. The maximum atomic E-state index is 12.9. The van der Waals surface area contributed by atoms with Gasteiger partial charge < -0.3 is 15.7 Å². The van der Waals surface area contributed by atoms with E-state index in [4.69, 9.17) is 5.84 Å². The van der Waals surface area contributed by atoms with Crippen LogP contribution in [0.15, 0.2) is 41.6 Å². The predicted molar refractivity (Wildman–Crippen MR) is 130 cm³/mol. The van der Waals surface area contributed by atoms with E-state index in [1.165, 1.54) is 4.68 Å². The fourth-order valence-electron chi connectivity index (χ4n) is 3.74. The normalized spacial score (nSPS) is 10.9. The van der Waals surface area contributed by atoms with Crippen LogP contribution in [-0.2, 0) is 11.3 Å². The number of nitrogens with zero attached hydrogens (tertiary/aromatic N) is 7. The van der Waals surface area contributed by atoms with Crippen molar-refractivity contribution in [1.29, 1.82) is 5.26 Å². The number of aryl methyl sites for hydroxylation is 2. The molecule has 3 N–H and O–H groups in total. The highest BCUT2D eigenvalue weighted by Crippen LogP contribution is 2.28. The van der Waals surface area contributed by atoms with Gasteiger partial charge in [-0.1, -0.05) is 42.1 Å². The standard InChI is InChI=1S/C23H25N9OS/c1-14-10-15(2)32(29-14)22-27-28-23(31(22)25)34-13-20(33)26-21-19(11-24)16(3)17(4)30(21)12-18-8-6-5-7-9-18/h5-10H,12-13,25H2,1-4H3,(H,26,33). The number of nitrogen functional groups attached to an aromatic ring is 1. The Hall–Kier alpha value is -4.04. The molecule has 1 amide bonds. The van der Waals surface area contributed by atoms with Gasteiger partial charge >= 0.3 is 0 Å². The maximum absolute atomic E-state index is 12.9. The first-order chi connectivity index (χ1) is 16.3. The van der Waals surface area contributed by atoms with Crippen LogP contribution in [0.1, 0.15) is 33.8 Å². The zero-order chi connectivity index (χ0) is 24.4. The van der Waals surface area contributed by atoms with Crippen molar-refractivity contribution in [3.05, 3.63) is 70.2 Å². The average molecular weight is 476 g/mol. The SMILES string of the molecule is Cc1cc(C)n(-c2nnc(SCC(=O)Nc3c(C#N)c(C)c(C)n3Cc3ccccc3)n2N)n1. The third kappa shape index (κ3) is 4.40. The minimum absolute atomic E-state index is 0.0476. The van der Waals surface area contributed by atoms with Gasteiger partial charge in [-0.25, -0.2) is 9.36 Å². The summed E-state index contributed by atoms with van der Waals surface area (Å²) in [6.07, 6.45) is 0. The number of nitrogens with two attached hydrogens (primary N) is 1. The zero-order valence-electron chi connectivity index (χ0n) is 19.4. The van der Waals surface area contributed by atoms with Crippen LogP contribution in [0.25, 0.3) is 5.95 Å². The molecule has 0 radical (unpaired) electrons. The van der Waals surface area contributed by atoms with Gasteiger partial charge in [0.15, 0.2) is 0 Å². The summed E-state index contributed by atoms with van der Waals surface area (Å²) in [5.41, 5.74) is 5.02. The van der Waals surface area contributed by atoms with E-state index in [9.17, 15) is 10.1 Å². The number of hydrogen-bond donors (Lipinski definition) is 2. The van der Waals surface area contributed by atoms with Crippen LogP contribution in [0, 0.1) is 39.0 Å². The molecule has 4 rings (SSSR count). The van der Waals surface area contributed by atoms with E-state index in [0.29, 0.717) is 29.0 Å². The second kappa shape index (κ2) is 9.44. The maximum Gasteiger partial charge on any atom is 0.271 e. The van der Waals surface area contributed by atoms with Gasteiger partial charge in [0.05, 0.1) is 17.0 Å². The highest BCUT2D eigenvalue weighted by atomic mass is 32.2. The summed E-state index contributed by atoms with van der Waals surface area (Å²) >= 11 is 1.16. The molecule has 3 aromatic heterocycles. The second-order valence-electron chi connectivity index (χ2n) is 7.95. The number of nitriles is 1. The molecule has 0 aliphatic carbocycles. The van der Waals surface area contributed by atoms with Crippen molar-refractivity contribution in [2.45, 2.75) is 39.4 Å². The van der Waals surface area contributed by atoms with Crippen molar-refractivity contribution in [3.63, 3.8) is 0 Å². The van der Waals surface area contributed by atoms with Crippen molar-refractivity contribution >= 4 is 23.5 Å². The second-order valence-corrected chi connectivity index (χ2v) is 8.89. The van der Waals surface area contributed by atoms with Crippen LogP contribution >= 0.6 is 11.8 Å². The monoisotopic (exact) mass is 475 g/mol. The van der Waals surface area contributed by atoms with E-state index in [-0.39, 0.29) is 11.7 Å². The minimum atomic E-state index is -0.274. The molecule has 10 nitrogen and oxygen atoms in total. The average Bonchev–Trinajstić information content (AvgIpc) is 3.42. The van der Waals surface area contributed by atoms with Gasteiger partial charge in [0.25, 0.3) is 5.95 Å². The van der Waals surface area contributed by atoms with Crippen LogP contribution in [0.4, 0.5) is 5.82 Å². The topological polar surface area (TPSA) is 132 Å². The first-order valence-corrected chi connectivity index (χ1v) is 11.6. The Labute approximate surface area is 201 Å². The lowest BCUT2D eigenvalue weighted by Gasteiger charge is -2.13. The third-order valence-electron chi connectivity index (χ3n) is 5.56. The van der Waals surface area contributed by atoms with Gasteiger partial charge in [0, 0.05) is 17.9 Å². The molecule has 1 aromatic carbocycles. The van der Waals surface area contributed by atoms with E-state index in [2.05, 4.69) is 26.7 Å². The Morgan fingerprint density at radius 1 is 1.18 bits per heavy atom. The van der Waals surface area contributed by atoms with Crippen molar-refractivity contribution in [1.82, 2.24) is 29.2 Å². The summed E-state index contributed by atoms with van der Waals surface area (Å²) in [7, 11) is 0. The van der Waals surface area contributed by atoms with Crippen molar-refractivity contribution < 1.29 is 4.79 Å². The number of carbonyl (C=O) groups excluding carboxylic acids is 1. The number of hydrogen-bond acceptors (Lipinski definition) is 7. The Bertz CT molecular complexity index is 1390. The van der Waals surface area contributed by atoms with Crippen LogP contribution in [-0.4, -0.2) is 40.9 Å². The van der Waals surface area contributed by atoms with E-state index in [1.54, 1.807) is 4.68 Å². The van der Waals surface area contributed by atoms with Crippen LogP contribution in [0.5, 0.6) is 0 Å². The number of amides is 1. The smallest absolute Gasteiger partial charge is 0.271 e. The zero-order valence-corrected chi connectivity index (χ0v) is 20.2. The first-order valence-electron chi connectivity index (χ1n) is 10.6. The largest absolute Gasteiger partial charge is 0.334 e. The summed E-state index contributed by atoms with van der Waals surface area (Å²) in [6, 6.07) is 14.0. The molecule has 3 heterocycles. The molecule has 0 fully saturated rings. The lowest BCUT2D eigenvalue weighted by molar-refractivity contribution is -0.113. The number of aromatic nitrogens is 6. The summed E-state index contributed by atoms with van der Waals surface area (Å²) in [4.78, 5) is 12.9. The van der Waals surface area contributed by atoms with Crippen LogP contribution in [0.2, 0.25) is 0 Å². The highest BCUT2D eigenvalue weighted by molar-refractivity contribution is 7.99. The summed E-state index contributed by atoms with van der Waals surface area (Å²) in [6.45, 7) is 8.16. The Kier molecular flexibility index (Phi) is 6.43. The number of nitrogens with one attached hydrogen (secondary N) is 1. The van der Waals surface area contributed by atoms with Gasteiger partial charge in [-0.05, 0) is 44.9 Å². The van der Waals surface area contributed by atoms with Crippen molar-refractivity contribution in [2.75, 3.05) is 16.9 Å². The van der Waals surface area contributed by atoms with Gasteiger partial charge in [0.1, 0.15) is 11.9 Å². The van der Waals surface area contributed by atoms with Crippen LogP contribution < -0.4 is 11.2 Å². The van der Waals surface area contributed by atoms with E-state index in [1.807, 2.05) is 68.7 Å². The number of anilines is 1. The molecule has 0 saturated carbocycles. The first kappa shape index (κ1) is 23.1.